The van der Waals surface area contributed by atoms with Gasteiger partial charge in [0.15, 0.2) is 9.84 Å². The number of carbonyl (C=O) groups is 1. The van der Waals surface area contributed by atoms with Crippen molar-refractivity contribution in [3.8, 4) is 0 Å². The zero-order chi connectivity index (χ0) is 17.7. The third kappa shape index (κ3) is 5.34. The zero-order valence-corrected chi connectivity index (χ0v) is 14.3. The van der Waals surface area contributed by atoms with Crippen LogP contribution in [-0.2, 0) is 20.4 Å². The summed E-state index contributed by atoms with van der Waals surface area (Å²) in [5, 5.41) is 5.50. The molecule has 0 aromatic heterocycles. The van der Waals surface area contributed by atoms with Crippen LogP contribution >= 0.6 is 0 Å². The van der Waals surface area contributed by atoms with Crippen LogP contribution in [-0.4, -0.2) is 27.1 Å². The highest BCUT2D eigenvalue weighted by atomic mass is 32.2. The Kier molecular flexibility index (Phi) is 5.56. The minimum absolute atomic E-state index is 0.0593. The predicted octanol–water partition coefficient (Wildman–Crippen LogP) is 2.73. The lowest BCUT2D eigenvalue weighted by Gasteiger charge is -2.12. The molecule has 2 aromatic carbocycles. The number of rotatable bonds is 6. The van der Waals surface area contributed by atoms with Crippen LogP contribution < -0.4 is 10.6 Å². The molecule has 1 amide bonds. The maximum absolute atomic E-state index is 13.5. The maximum Gasteiger partial charge on any atom is 0.243 e. The van der Waals surface area contributed by atoms with E-state index in [0.717, 1.165) is 6.26 Å². The van der Waals surface area contributed by atoms with Gasteiger partial charge < -0.3 is 10.6 Å². The molecule has 5 nitrogen and oxygen atoms in total. The van der Waals surface area contributed by atoms with Crippen molar-refractivity contribution in [2.75, 3.05) is 23.4 Å². The van der Waals surface area contributed by atoms with Crippen LogP contribution in [0.2, 0.25) is 0 Å². The van der Waals surface area contributed by atoms with E-state index in [4.69, 9.17) is 0 Å². The Labute approximate surface area is 140 Å². The Hall–Kier alpha value is -2.41. The molecule has 0 saturated carbocycles. The smallest absolute Gasteiger partial charge is 0.243 e. The van der Waals surface area contributed by atoms with Crippen molar-refractivity contribution in [1.29, 1.82) is 0 Å². The number of sulfone groups is 1. The summed E-state index contributed by atoms with van der Waals surface area (Å²) in [6, 6.07) is 11.3. The van der Waals surface area contributed by atoms with E-state index in [1.54, 1.807) is 43.3 Å². The van der Waals surface area contributed by atoms with Gasteiger partial charge in [-0.2, -0.15) is 0 Å². The SMILES string of the molecule is Cc1ccc(NC(=O)CNc2ccccc2CS(C)(=O)=O)cc1F. The van der Waals surface area contributed by atoms with Gasteiger partial charge in [-0.3, -0.25) is 4.79 Å². The van der Waals surface area contributed by atoms with Gasteiger partial charge in [-0.05, 0) is 36.2 Å². The van der Waals surface area contributed by atoms with Crippen molar-refractivity contribution in [3.05, 3.63) is 59.4 Å². The van der Waals surface area contributed by atoms with Gasteiger partial charge in [-0.25, -0.2) is 12.8 Å². The molecular weight excluding hydrogens is 331 g/mol. The van der Waals surface area contributed by atoms with Crippen molar-refractivity contribution in [2.45, 2.75) is 12.7 Å². The van der Waals surface area contributed by atoms with Gasteiger partial charge in [0.2, 0.25) is 5.91 Å². The fourth-order valence-electron chi connectivity index (χ4n) is 2.15. The Morgan fingerprint density at radius 2 is 1.88 bits per heavy atom. The highest BCUT2D eigenvalue weighted by Gasteiger charge is 2.10. The van der Waals surface area contributed by atoms with E-state index in [2.05, 4.69) is 10.6 Å². The van der Waals surface area contributed by atoms with E-state index >= 15 is 0 Å². The third-order valence-corrected chi connectivity index (χ3v) is 4.17. The quantitative estimate of drug-likeness (QED) is 0.840. The normalized spacial score (nSPS) is 11.1. The fraction of sp³-hybridized carbons (Fsp3) is 0.235. The predicted molar refractivity (Wildman–Crippen MR) is 93.2 cm³/mol. The molecule has 2 rings (SSSR count). The average Bonchev–Trinajstić information content (AvgIpc) is 2.48. The molecule has 0 heterocycles. The van der Waals surface area contributed by atoms with Crippen LogP contribution in [0.4, 0.5) is 15.8 Å². The van der Waals surface area contributed by atoms with Crippen LogP contribution in [0.15, 0.2) is 42.5 Å². The van der Waals surface area contributed by atoms with Gasteiger partial charge in [0.05, 0.1) is 12.3 Å². The number of amides is 1. The molecule has 0 aliphatic heterocycles. The number of para-hydroxylation sites is 1. The number of hydrogen-bond donors (Lipinski definition) is 2. The number of hydrogen-bond acceptors (Lipinski definition) is 4. The van der Waals surface area contributed by atoms with Crippen molar-refractivity contribution < 1.29 is 17.6 Å². The zero-order valence-electron chi connectivity index (χ0n) is 13.5. The second kappa shape index (κ2) is 7.44. The third-order valence-electron chi connectivity index (χ3n) is 3.33. The average molecular weight is 350 g/mol. The minimum atomic E-state index is -3.18. The number of carbonyl (C=O) groups excluding carboxylic acids is 1. The molecule has 0 aliphatic rings. The monoisotopic (exact) mass is 350 g/mol. The first-order valence-corrected chi connectivity index (χ1v) is 9.36. The minimum Gasteiger partial charge on any atom is -0.376 e. The van der Waals surface area contributed by atoms with Crippen LogP contribution in [0.3, 0.4) is 0 Å². The highest BCUT2D eigenvalue weighted by Crippen LogP contribution is 2.18. The largest absolute Gasteiger partial charge is 0.376 e. The molecule has 0 unspecified atom stereocenters. The van der Waals surface area contributed by atoms with Crippen LogP contribution in [0.25, 0.3) is 0 Å². The first kappa shape index (κ1) is 17.9. The molecule has 7 heteroatoms. The highest BCUT2D eigenvalue weighted by molar-refractivity contribution is 7.89. The molecule has 24 heavy (non-hydrogen) atoms. The summed E-state index contributed by atoms with van der Waals surface area (Å²) in [5.74, 6) is -0.854. The molecule has 0 bridgehead atoms. The first-order valence-electron chi connectivity index (χ1n) is 7.30. The van der Waals surface area contributed by atoms with Gasteiger partial charge in [-0.15, -0.1) is 0 Å². The Bertz CT molecular complexity index is 851. The van der Waals surface area contributed by atoms with Gasteiger partial charge in [-0.1, -0.05) is 24.3 Å². The standard InChI is InChI=1S/C17H19FN2O3S/c1-12-7-8-14(9-15(12)18)20-17(21)10-19-16-6-4-3-5-13(16)11-24(2,22)23/h3-9,19H,10-11H2,1-2H3,(H,20,21). The molecule has 0 spiro atoms. The number of anilines is 2. The van der Waals surface area contributed by atoms with Crippen LogP contribution in [0.5, 0.6) is 0 Å². The lowest BCUT2D eigenvalue weighted by atomic mass is 10.2. The first-order chi connectivity index (χ1) is 11.2. The molecule has 0 saturated heterocycles. The Morgan fingerprint density at radius 1 is 1.17 bits per heavy atom. The maximum atomic E-state index is 13.5. The van der Waals surface area contributed by atoms with Crippen molar-refractivity contribution >= 4 is 27.1 Å². The lowest BCUT2D eigenvalue weighted by Crippen LogP contribution is -2.22. The van der Waals surface area contributed by atoms with E-state index in [1.165, 1.54) is 6.07 Å². The van der Waals surface area contributed by atoms with Crippen LogP contribution in [0, 0.1) is 12.7 Å². The molecule has 0 atom stereocenters. The van der Waals surface area contributed by atoms with Gasteiger partial charge in [0.25, 0.3) is 0 Å². The number of nitrogens with one attached hydrogen (secondary N) is 2. The summed E-state index contributed by atoms with van der Waals surface area (Å²) in [6.45, 7) is 1.58. The Balaban J connectivity index is 2.00. The van der Waals surface area contributed by atoms with E-state index in [0.29, 0.717) is 22.5 Å². The van der Waals surface area contributed by atoms with Gasteiger partial charge >= 0.3 is 0 Å². The van der Waals surface area contributed by atoms with E-state index in [9.17, 15) is 17.6 Å². The van der Waals surface area contributed by atoms with Crippen LogP contribution in [0.1, 0.15) is 11.1 Å². The van der Waals surface area contributed by atoms with Crippen molar-refractivity contribution in [1.82, 2.24) is 0 Å². The fourth-order valence-corrected chi connectivity index (χ4v) is 2.97. The number of halogens is 1. The second-order valence-corrected chi connectivity index (χ2v) is 7.73. The molecule has 0 fully saturated rings. The van der Waals surface area contributed by atoms with E-state index in [-0.39, 0.29) is 24.0 Å². The molecular formula is C17H19FN2O3S. The summed E-state index contributed by atoms with van der Waals surface area (Å²) in [6.07, 6.45) is 1.16. The Morgan fingerprint density at radius 3 is 2.54 bits per heavy atom. The molecule has 0 radical (unpaired) electrons. The number of aryl methyl sites for hydroxylation is 1. The topological polar surface area (TPSA) is 75.3 Å². The summed E-state index contributed by atoms with van der Waals surface area (Å²) in [7, 11) is -3.18. The number of benzene rings is 2. The van der Waals surface area contributed by atoms with Crippen molar-refractivity contribution in [3.63, 3.8) is 0 Å². The molecule has 0 aliphatic carbocycles. The van der Waals surface area contributed by atoms with E-state index in [1.807, 2.05) is 0 Å². The summed E-state index contributed by atoms with van der Waals surface area (Å²) < 4.78 is 36.4. The van der Waals surface area contributed by atoms with Crippen molar-refractivity contribution in [2.24, 2.45) is 0 Å². The molecule has 2 aromatic rings. The van der Waals surface area contributed by atoms with Gasteiger partial charge in [0, 0.05) is 17.6 Å². The molecule has 2 N–H and O–H groups in total. The van der Waals surface area contributed by atoms with Gasteiger partial charge in [0.1, 0.15) is 5.82 Å². The summed E-state index contributed by atoms with van der Waals surface area (Å²) in [5.41, 5.74) is 2.04. The summed E-state index contributed by atoms with van der Waals surface area (Å²) in [4.78, 5) is 12.0. The second-order valence-electron chi connectivity index (χ2n) is 5.59. The lowest BCUT2D eigenvalue weighted by molar-refractivity contribution is -0.114. The van der Waals surface area contributed by atoms with E-state index < -0.39 is 9.84 Å². The summed E-state index contributed by atoms with van der Waals surface area (Å²) >= 11 is 0. The molecule has 128 valence electrons.